The van der Waals surface area contributed by atoms with Crippen LogP contribution in [0.3, 0.4) is 0 Å². The maximum absolute atomic E-state index is 9.91. The van der Waals surface area contributed by atoms with Crippen molar-refractivity contribution in [3.63, 3.8) is 0 Å². The van der Waals surface area contributed by atoms with Crippen LogP contribution in [-0.2, 0) is 7.05 Å². The summed E-state index contributed by atoms with van der Waals surface area (Å²) in [6.07, 6.45) is 5.43. The van der Waals surface area contributed by atoms with Gasteiger partial charge in [0.15, 0.2) is 23.0 Å². The van der Waals surface area contributed by atoms with Crippen molar-refractivity contribution in [2.45, 2.75) is 25.8 Å². The van der Waals surface area contributed by atoms with Crippen molar-refractivity contribution in [2.24, 2.45) is 7.05 Å². The second-order valence-corrected chi connectivity index (χ2v) is 8.63. The summed E-state index contributed by atoms with van der Waals surface area (Å²) in [5, 5.41) is 18.6. The summed E-state index contributed by atoms with van der Waals surface area (Å²) in [4.78, 5) is 16.2. The fraction of sp³-hybridized carbons (Fsp3) is 0.417. The third-order valence-electron chi connectivity index (χ3n) is 6.47. The molecule has 1 aliphatic rings. The Morgan fingerprint density at radius 3 is 2.53 bits per heavy atom. The van der Waals surface area contributed by atoms with Gasteiger partial charge in [-0.15, -0.1) is 0 Å². The Hall–Kier alpha value is -4.06. The van der Waals surface area contributed by atoms with Crippen molar-refractivity contribution in [3.05, 3.63) is 30.4 Å². The van der Waals surface area contributed by atoms with E-state index in [-0.39, 0.29) is 12.6 Å². The molecule has 2 N–H and O–H groups in total. The highest BCUT2D eigenvalue weighted by atomic mass is 16.5. The zero-order chi connectivity index (χ0) is 25.4. The molecule has 0 aliphatic carbocycles. The molecule has 1 saturated heterocycles. The number of benzene rings is 1. The first-order valence-electron chi connectivity index (χ1n) is 11.7. The molecule has 0 radical (unpaired) electrons. The lowest BCUT2D eigenvalue weighted by atomic mass is 10.2. The molecule has 36 heavy (non-hydrogen) atoms. The number of aryl methyl sites for hydroxylation is 2. The van der Waals surface area contributed by atoms with Gasteiger partial charge in [0.25, 0.3) is 0 Å². The van der Waals surface area contributed by atoms with Crippen molar-refractivity contribution in [1.29, 1.82) is 0 Å². The largest absolute Gasteiger partial charge is 0.493 e. The second-order valence-electron chi connectivity index (χ2n) is 8.63. The number of anilines is 3. The Labute approximate surface area is 208 Å². The first-order chi connectivity index (χ1) is 17.5. The Bertz CT molecular complexity index is 1370. The molecule has 1 fully saturated rings. The number of fused-ring (bicyclic) bond motifs is 1. The summed E-state index contributed by atoms with van der Waals surface area (Å²) >= 11 is 0. The number of hydrogen-bond donors (Lipinski definition) is 2. The van der Waals surface area contributed by atoms with Crippen LogP contribution in [0.5, 0.6) is 17.2 Å². The summed E-state index contributed by atoms with van der Waals surface area (Å²) in [6, 6.07) is 3.71. The highest BCUT2D eigenvalue weighted by Crippen LogP contribution is 2.39. The number of ether oxygens (including phenoxy) is 3. The molecule has 5 rings (SSSR count). The zero-order valence-electron chi connectivity index (χ0n) is 21.0. The minimum atomic E-state index is 0.0230. The van der Waals surface area contributed by atoms with Gasteiger partial charge in [0.05, 0.1) is 56.9 Å². The van der Waals surface area contributed by atoms with Crippen LogP contribution in [0.25, 0.3) is 16.7 Å². The van der Waals surface area contributed by atoms with E-state index in [9.17, 15) is 5.11 Å². The van der Waals surface area contributed by atoms with E-state index in [0.29, 0.717) is 34.7 Å². The first-order valence-corrected chi connectivity index (χ1v) is 11.7. The lowest BCUT2D eigenvalue weighted by Gasteiger charge is -2.25. The molecule has 1 aliphatic heterocycles. The Morgan fingerprint density at radius 2 is 1.86 bits per heavy atom. The average molecular weight is 495 g/mol. The maximum atomic E-state index is 9.91. The van der Waals surface area contributed by atoms with E-state index in [2.05, 4.69) is 20.3 Å². The van der Waals surface area contributed by atoms with Gasteiger partial charge in [0.2, 0.25) is 11.7 Å². The van der Waals surface area contributed by atoms with Crippen molar-refractivity contribution in [3.8, 4) is 22.9 Å². The smallest absolute Gasteiger partial charge is 0.232 e. The number of aromatic nitrogens is 6. The maximum Gasteiger partial charge on any atom is 0.232 e. The quantitative estimate of drug-likeness (QED) is 0.378. The zero-order valence-corrected chi connectivity index (χ0v) is 21.0. The molecule has 1 aromatic carbocycles. The van der Waals surface area contributed by atoms with Crippen molar-refractivity contribution in [2.75, 3.05) is 44.7 Å². The standard InChI is InChI=1S/C24H30N8O4/c1-14-20-22(30(2)29-14)27-24(28-23(20)32-8-6-7-15(32)12-33)26-19-11-31(13-25-19)16-9-17(34-3)21(36-5)18(10-16)35-4/h9-11,13,15,33H,6-8,12H2,1-5H3,(H,26,27,28). The number of aliphatic hydroxyl groups excluding tert-OH is 1. The highest BCUT2D eigenvalue weighted by molar-refractivity contribution is 5.91. The Balaban J connectivity index is 1.51. The number of methoxy groups -OCH3 is 3. The molecule has 0 amide bonds. The van der Waals surface area contributed by atoms with Crippen LogP contribution >= 0.6 is 0 Å². The molecule has 1 atom stereocenters. The van der Waals surface area contributed by atoms with Crippen LogP contribution in [0, 0.1) is 6.92 Å². The van der Waals surface area contributed by atoms with E-state index in [1.165, 1.54) is 0 Å². The van der Waals surface area contributed by atoms with E-state index in [1.54, 1.807) is 32.3 Å². The van der Waals surface area contributed by atoms with Gasteiger partial charge < -0.3 is 34.1 Å². The van der Waals surface area contributed by atoms with Crippen LogP contribution in [0.4, 0.5) is 17.6 Å². The van der Waals surface area contributed by atoms with Gasteiger partial charge in [-0.05, 0) is 19.8 Å². The molecule has 0 bridgehead atoms. The van der Waals surface area contributed by atoms with Gasteiger partial charge in [-0.25, -0.2) is 9.67 Å². The molecule has 12 nitrogen and oxygen atoms in total. The Kier molecular flexibility index (Phi) is 6.27. The monoisotopic (exact) mass is 494 g/mol. The van der Waals surface area contributed by atoms with Gasteiger partial charge >= 0.3 is 0 Å². The number of nitrogens with zero attached hydrogens (tertiary/aromatic N) is 7. The lowest BCUT2D eigenvalue weighted by molar-refractivity contribution is 0.266. The minimum absolute atomic E-state index is 0.0230. The van der Waals surface area contributed by atoms with Gasteiger partial charge in [-0.1, -0.05) is 0 Å². The van der Waals surface area contributed by atoms with Crippen molar-refractivity contribution in [1.82, 2.24) is 29.3 Å². The van der Waals surface area contributed by atoms with E-state index in [1.807, 2.05) is 36.9 Å². The van der Waals surface area contributed by atoms with E-state index < -0.39 is 0 Å². The third kappa shape index (κ3) is 4.02. The number of rotatable bonds is 8. The van der Waals surface area contributed by atoms with Gasteiger partial charge in [-0.3, -0.25) is 0 Å². The molecule has 4 heterocycles. The van der Waals surface area contributed by atoms with Gasteiger partial charge in [0.1, 0.15) is 12.1 Å². The summed E-state index contributed by atoms with van der Waals surface area (Å²) in [5.74, 6) is 3.35. The lowest BCUT2D eigenvalue weighted by Crippen LogP contribution is -2.33. The van der Waals surface area contributed by atoms with E-state index in [4.69, 9.17) is 24.2 Å². The van der Waals surface area contributed by atoms with Crippen LogP contribution in [0.1, 0.15) is 18.5 Å². The van der Waals surface area contributed by atoms with Gasteiger partial charge in [-0.2, -0.15) is 15.1 Å². The van der Waals surface area contributed by atoms with Gasteiger partial charge in [0, 0.05) is 25.7 Å². The van der Waals surface area contributed by atoms with E-state index >= 15 is 0 Å². The third-order valence-corrected chi connectivity index (χ3v) is 6.47. The molecule has 12 heteroatoms. The number of nitrogens with one attached hydrogen (secondary N) is 1. The normalized spacial score (nSPS) is 15.5. The number of hydrogen-bond acceptors (Lipinski definition) is 10. The summed E-state index contributed by atoms with van der Waals surface area (Å²) in [5.41, 5.74) is 2.35. The molecule has 1 unspecified atom stereocenters. The Morgan fingerprint density at radius 1 is 1.11 bits per heavy atom. The number of aliphatic hydroxyl groups is 1. The molecule has 3 aromatic heterocycles. The SMILES string of the molecule is COc1cc(-n2cnc(Nc3nc(N4CCCC4CO)c4c(C)nn(C)c4n3)c2)cc(OC)c1OC. The molecule has 0 spiro atoms. The van der Waals surface area contributed by atoms with Crippen LogP contribution in [0.15, 0.2) is 24.7 Å². The molecule has 4 aromatic rings. The van der Waals surface area contributed by atoms with Crippen molar-refractivity contribution >= 4 is 28.6 Å². The minimum Gasteiger partial charge on any atom is -0.493 e. The predicted molar refractivity (Wildman–Crippen MR) is 135 cm³/mol. The number of imidazole rings is 1. The summed E-state index contributed by atoms with van der Waals surface area (Å²) in [6.45, 7) is 2.85. The predicted octanol–water partition coefficient (Wildman–Crippen LogP) is 2.59. The summed E-state index contributed by atoms with van der Waals surface area (Å²) < 4.78 is 19.9. The fourth-order valence-corrected chi connectivity index (χ4v) is 4.75. The highest BCUT2D eigenvalue weighted by Gasteiger charge is 2.29. The average Bonchev–Trinajstić information content (AvgIpc) is 3.62. The molecular formula is C24H30N8O4. The van der Waals surface area contributed by atoms with Crippen LogP contribution < -0.4 is 24.4 Å². The first kappa shape index (κ1) is 23.7. The summed E-state index contributed by atoms with van der Waals surface area (Å²) in [7, 11) is 6.59. The van der Waals surface area contributed by atoms with E-state index in [0.717, 1.165) is 42.0 Å². The molecule has 190 valence electrons. The van der Waals surface area contributed by atoms with Crippen molar-refractivity contribution < 1.29 is 19.3 Å². The van der Waals surface area contributed by atoms with Crippen LogP contribution in [0.2, 0.25) is 0 Å². The van der Waals surface area contributed by atoms with Crippen LogP contribution in [-0.4, -0.2) is 74.9 Å². The fourth-order valence-electron chi connectivity index (χ4n) is 4.75. The molecular weight excluding hydrogens is 464 g/mol. The molecule has 0 saturated carbocycles. The second kappa shape index (κ2) is 9.53. The topological polar surface area (TPSA) is 125 Å².